The van der Waals surface area contributed by atoms with Gasteiger partial charge in [0.05, 0.1) is 6.54 Å². The Bertz CT molecular complexity index is 424. The van der Waals surface area contributed by atoms with E-state index in [0.29, 0.717) is 18.4 Å². The minimum absolute atomic E-state index is 0.356. The number of hydrogen-bond donors (Lipinski definition) is 1. The molecule has 1 fully saturated rings. The van der Waals surface area contributed by atoms with Gasteiger partial charge >= 0.3 is 6.18 Å². The number of halogens is 3. The van der Waals surface area contributed by atoms with Crippen LogP contribution in [0.2, 0.25) is 0 Å². The van der Waals surface area contributed by atoms with Crippen LogP contribution in [0.4, 0.5) is 13.2 Å². The van der Waals surface area contributed by atoms with Crippen LogP contribution < -0.4 is 5.32 Å². The van der Waals surface area contributed by atoms with Crippen LogP contribution in [0.1, 0.15) is 47.1 Å². The normalized spacial score (nSPS) is 26.5. The van der Waals surface area contributed by atoms with Crippen molar-refractivity contribution in [3.05, 3.63) is 21.4 Å². The third-order valence-electron chi connectivity index (χ3n) is 3.79. The summed E-state index contributed by atoms with van der Waals surface area (Å²) >= 11 is 1.74. The van der Waals surface area contributed by atoms with Crippen LogP contribution in [-0.4, -0.2) is 12.7 Å². The van der Waals surface area contributed by atoms with Crippen LogP contribution in [0.25, 0.3) is 0 Å². The lowest BCUT2D eigenvalue weighted by molar-refractivity contribution is -0.125. The quantitative estimate of drug-likeness (QED) is 0.873. The molecule has 2 aliphatic carbocycles. The summed E-state index contributed by atoms with van der Waals surface area (Å²) in [7, 11) is 0. The zero-order valence-electron chi connectivity index (χ0n) is 9.31. The number of alkyl halides is 3. The molecule has 94 valence electrons. The van der Waals surface area contributed by atoms with Gasteiger partial charge in [-0.3, -0.25) is 0 Å². The van der Waals surface area contributed by atoms with Gasteiger partial charge in [-0.15, -0.1) is 11.3 Å². The minimum Gasteiger partial charge on any atom is -0.305 e. The van der Waals surface area contributed by atoms with Crippen LogP contribution in [0.5, 0.6) is 0 Å². The lowest BCUT2D eigenvalue weighted by atomic mass is 9.95. The van der Waals surface area contributed by atoms with E-state index in [-0.39, 0.29) is 0 Å². The first-order valence-electron chi connectivity index (χ1n) is 5.92. The topological polar surface area (TPSA) is 12.0 Å². The number of fused-ring (bicyclic) bond motifs is 5. The van der Waals surface area contributed by atoms with Crippen molar-refractivity contribution in [3.8, 4) is 0 Å². The molecule has 5 heteroatoms. The van der Waals surface area contributed by atoms with Crippen LogP contribution in [0, 0.1) is 0 Å². The number of nitrogens with one attached hydrogen (secondary N) is 1. The summed E-state index contributed by atoms with van der Waals surface area (Å²) < 4.78 is 36.1. The number of hydrogen-bond acceptors (Lipinski definition) is 2. The summed E-state index contributed by atoms with van der Waals surface area (Å²) in [6.07, 6.45) is -0.388. The van der Waals surface area contributed by atoms with Crippen molar-refractivity contribution in [2.24, 2.45) is 0 Å². The Labute approximate surface area is 102 Å². The van der Waals surface area contributed by atoms with Crippen molar-refractivity contribution in [1.29, 1.82) is 0 Å². The second-order valence-corrected chi connectivity index (χ2v) is 5.88. The van der Waals surface area contributed by atoms with Gasteiger partial charge in [0.1, 0.15) is 0 Å². The van der Waals surface area contributed by atoms with E-state index in [1.807, 2.05) is 5.38 Å². The van der Waals surface area contributed by atoms with E-state index in [0.717, 1.165) is 5.56 Å². The average Bonchev–Trinajstić information content (AvgIpc) is 2.86. The van der Waals surface area contributed by atoms with Crippen LogP contribution in [0.15, 0.2) is 5.38 Å². The highest BCUT2D eigenvalue weighted by molar-refractivity contribution is 7.10. The molecule has 1 heterocycles. The molecule has 0 radical (unpaired) electrons. The van der Waals surface area contributed by atoms with Crippen molar-refractivity contribution in [2.75, 3.05) is 6.54 Å². The Morgan fingerprint density at radius 1 is 1.29 bits per heavy atom. The molecular weight excluding hydrogens is 247 g/mol. The zero-order chi connectivity index (χ0) is 12.0. The minimum atomic E-state index is -4.11. The van der Waals surface area contributed by atoms with E-state index in [1.54, 1.807) is 11.3 Å². The standard InChI is InChI=1S/C12H14F3NS/c13-12(14,15)6-16-4-9-5-17-11-8-2-1-7(3-8)10(9)11/h5,7-8,16H,1-4,6H2. The maximum absolute atomic E-state index is 12.0. The Morgan fingerprint density at radius 2 is 2.06 bits per heavy atom. The fourth-order valence-electron chi connectivity index (χ4n) is 3.16. The lowest BCUT2D eigenvalue weighted by Crippen LogP contribution is -2.28. The van der Waals surface area contributed by atoms with E-state index in [2.05, 4.69) is 5.32 Å². The summed E-state index contributed by atoms with van der Waals surface area (Å²) in [6.45, 7) is -0.541. The highest BCUT2D eigenvalue weighted by Gasteiger charge is 2.39. The van der Waals surface area contributed by atoms with Gasteiger partial charge in [-0.05, 0) is 47.6 Å². The Kier molecular flexibility index (Phi) is 2.70. The summed E-state index contributed by atoms with van der Waals surface area (Å²) in [5.74, 6) is 1.33. The maximum Gasteiger partial charge on any atom is 0.401 e. The van der Waals surface area contributed by atoms with Gasteiger partial charge in [0, 0.05) is 11.4 Å². The van der Waals surface area contributed by atoms with Crippen molar-refractivity contribution >= 4 is 11.3 Å². The first kappa shape index (κ1) is 11.5. The molecule has 17 heavy (non-hydrogen) atoms. The highest BCUT2D eigenvalue weighted by atomic mass is 32.1. The molecule has 3 rings (SSSR count). The average molecular weight is 261 g/mol. The van der Waals surface area contributed by atoms with Gasteiger partial charge in [-0.25, -0.2) is 0 Å². The SMILES string of the molecule is FC(F)(F)CNCc1csc2c1C1CCC2C1. The molecule has 1 aromatic heterocycles. The smallest absolute Gasteiger partial charge is 0.305 e. The molecule has 1 aromatic rings. The molecule has 0 aliphatic heterocycles. The van der Waals surface area contributed by atoms with E-state index in [1.165, 1.54) is 29.7 Å². The lowest BCUT2D eigenvalue weighted by Gasteiger charge is -2.13. The van der Waals surface area contributed by atoms with Crippen LogP contribution in [-0.2, 0) is 6.54 Å². The Hall–Kier alpha value is -0.550. The van der Waals surface area contributed by atoms with Crippen molar-refractivity contribution in [1.82, 2.24) is 5.32 Å². The maximum atomic E-state index is 12.0. The van der Waals surface area contributed by atoms with Crippen molar-refractivity contribution < 1.29 is 13.2 Å². The third-order valence-corrected chi connectivity index (χ3v) is 5.00. The molecule has 1 saturated carbocycles. The summed E-state index contributed by atoms with van der Waals surface area (Å²) in [5.41, 5.74) is 2.47. The molecule has 1 N–H and O–H groups in total. The predicted molar refractivity (Wildman–Crippen MR) is 61.4 cm³/mol. The number of thiophene rings is 1. The van der Waals surface area contributed by atoms with Gasteiger partial charge < -0.3 is 5.32 Å². The van der Waals surface area contributed by atoms with E-state index >= 15 is 0 Å². The van der Waals surface area contributed by atoms with Crippen LogP contribution in [0.3, 0.4) is 0 Å². The van der Waals surface area contributed by atoms with Gasteiger partial charge in [-0.1, -0.05) is 0 Å². The molecule has 1 nitrogen and oxygen atoms in total. The van der Waals surface area contributed by atoms with Crippen LogP contribution >= 0.6 is 11.3 Å². The largest absolute Gasteiger partial charge is 0.401 e. The van der Waals surface area contributed by atoms with Gasteiger partial charge in [0.15, 0.2) is 0 Å². The summed E-state index contributed by atoms with van der Waals surface area (Å²) in [6, 6.07) is 0. The zero-order valence-corrected chi connectivity index (χ0v) is 10.1. The van der Waals surface area contributed by atoms with Gasteiger partial charge in [-0.2, -0.15) is 13.2 Å². The molecule has 0 saturated heterocycles. The van der Waals surface area contributed by atoms with Gasteiger partial charge in [0.2, 0.25) is 0 Å². The first-order chi connectivity index (χ1) is 8.04. The molecule has 0 amide bonds. The van der Waals surface area contributed by atoms with Crippen molar-refractivity contribution in [3.63, 3.8) is 0 Å². The monoisotopic (exact) mass is 261 g/mol. The Balaban J connectivity index is 1.68. The molecule has 2 unspecified atom stereocenters. The molecule has 2 bridgehead atoms. The summed E-state index contributed by atoms with van der Waals surface area (Å²) in [5, 5.41) is 4.54. The van der Waals surface area contributed by atoms with E-state index in [9.17, 15) is 13.2 Å². The molecular formula is C12H14F3NS. The van der Waals surface area contributed by atoms with E-state index < -0.39 is 12.7 Å². The second-order valence-electron chi connectivity index (χ2n) is 4.96. The fourth-order valence-corrected chi connectivity index (χ4v) is 4.47. The molecule has 2 atom stereocenters. The Morgan fingerprint density at radius 3 is 2.82 bits per heavy atom. The van der Waals surface area contributed by atoms with Crippen molar-refractivity contribution in [2.45, 2.75) is 43.8 Å². The highest BCUT2D eigenvalue weighted by Crippen LogP contribution is 2.56. The molecule has 0 aromatic carbocycles. The summed E-state index contributed by atoms with van der Waals surface area (Å²) in [4.78, 5) is 1.45. The second kappa shape index (κ2) is 3.99. The predicted octanol–water partition coefficient (Wildman–Crippen LogP) is 3.76. The van der Waals surface area contributed by atoms with E-state index in [4.69, 9.17) is 0 Å². The fraction of sp³-hybridized carbons (Fsp3) is 0.667. The third kappa shape index (κ3) is 2.10. The number of rotatable bonds is 3. The molecule has 2 aliphatic rings. The molecule has 0 spiro atoms. The first-order valence-corrected chi connectivity index (χ1v) is 6.80. The van der Waals surface area contributed by atoms with Gasteiger partial charge in [0.25, 0.3) is 0 Å².